The molecule has 0 radical (unpaired) electrons. The number of nitrogens with one attached hydrogen (secondary N) is 1. The number of benzene rings is 1. The van der Waals surface area contributed by atoms with Crippen LogP contribution in [-0.2, 0) is 11.2 Å². The van der Waals surface area contributed by atoms with Gasteiger partial charge in [-0.2, -0.15) is 0 Å². The maximum Gasteiger partial charge on any atom is 0.253 e. The number of halogens is 3. The van der Waals surface area contributed by atoms with Gasteiger partial charge >= 0.3 is 0 Å². The van der Waals surface area contributed by atoms with Crippen molar-refractivity contribution in [1.29, 1.82) is 0 Å². The molecule has 4 N–H and O–H groups in total. The molecule has 2 aromatic rings. The standard InChI is InChI=1S/C23H28Cl2FN3O3/c1-23(2,26)9-8-15(21(27)31)12-19(30)18(10-14-6-4-3-5-7-14)29-22(32)16-11-17(24)20(25)28-13-16/h3-7,11,13,15,18-19,30H,8-10,12H2,1-2H3,(H2,27,31)(H,29,32)/t15-,18+,19+/m1/s1. The number of pyridine rings is 1. The first kappa shape index (κ1) is 26.0. The van der Waals surface area contributed by atoms with Crippen LogP contribution >= 0.6 is 23.2 Å². The molecule has 0 spiro atoms. The molecular formula is C23H28Cl2FN3O3. The fourth-order valence-electron chi connectivity index (χ4n) is 3.30. The van der Waals surface area contributed by atoms with Crippen molar-refractivity contribution in [3.8, 4) is 0 Å². The molecule has 1 aromatic carbocycles. The Morgan fingerprint density at radius 3 is 2.47 bits per heavy atom. The number of nitrogens with two attached hydrogens (primary N) is 1. The zero-order valence-corrected chi connectivity index (χ0v) is 19.5. The van der Waals surface area contributed by atoms with Gasteiger partial charge in [-0.05, 0) is 51.2 Å². The molecule has 3 atom stereocenters. The largest absolute Gasteiger partial charge is 0.391 e. The van der Waals surface area contributed by atoms with Crippen LogP contribution in [0.2, 0.25) is 10.2 Å². The lowest BCUT2D eigenvalue weighted by molar-refractivity contribution is -0.123. The van der Waals surface area contributed by atoms with Gasteiger partial charge in [-0.15, -0.1) is 0 Å². The number of aliphatic hydroxyl groups excluding tert-OH is 1. The van der Waals surface area contributed by atoms with E-state index in [4.69, 9.17) is 28.9 Å². The Labute approximate surface area is 197 Å². The molecule has 0 aliphatic carbocycles. The van der Waals surface area contributed by atoms with E-state index in [0.29, 0.717) is 6.42 Å². The SMILES string of the molecule is CC(C)(F)CC[C@H](C[C@H](O)[C@H](Cc1ccccc1)NC(=O)c1cnc(Cl)c(Cl)c1)C(N)=O. The summed E-state index contributed by atoms with van der Waals surface area (Å²) < 4.78 is 13.9. The van der Waals surface area contributed by atoms with Crippen molar-refractivity contribution < 1.29 is 19.1 Å². The molecule has 9 heteroatoms. The highest BCUT2D eigenvalue weighted by atomic mass is 35.5. The van der Waals surface area contributed by atoms with E-state index in [0.717, 1.165) is 5.56 Å². The number of alkyl halides is 1. The number of carbonyl (C=O) groups is 2. The van der Waals surface area contributed by atoms with Crippen molar-refractivity contribution in [3.05, 3.63) is 63.9 Å². The van der Waals surface area contributed by atoms with E-state index in [1.807, 2.05) is 30.3 Å². The summed E-state index contributed by atoms with van der Waals surface area (Å²) in [6.45, 7) is 2.84. The van der Waals surface area contributed by atoms with E-state index in [1.54, 1.807) is 0 Å². The molecule has 2 amide bonds. The molecule has 6 nitrogen and oxygen atoms in total. The average Bonchev–Trinajstić information content (AvgIpc) is 2.72. The second-order valence-electron chi connectivity index (χ2n) is 8.43. The zero-order chi connectivity index (χ0) is 23.9. The lowest BCUT2D eigenvalue weighted by atomic mass is 9.88. The summed E-state index contributed by atoms with van der Waals surface area (Å²) in [5.74, 6) is -1.86. The third-order valence-corrected chi connectivity index (χ3v) is 5.84. The predicted molar refractivity (Wildman–Crippen MR) is 123 cm³/mol. The maximum absolute atomic E-state index is 13.9. The predicted octanol–water partition coefficient (Wildman–Crippen LogP) is 4.11. The smallest absolute Gasteiger partial charge is 0.253 e. The molecule has 0 saturated heterocycles. The van der Waals surface area contributed by atoms with Gasteiger partial charge in [0, 0.05) is 12.1 Å². The van der Waals surface area contributed by atoms with Gasteiger partial charge in [0.15, 0.2) is 0 Å². The van der Waals surface area contributed by atoms with Gasteiger partial charge in [0.2, 0.25) is 5.91 Å². The van der Waals surface area contributed by atoms with E-state index in [1.165, 1.54) is 26.1 Å². The van der Waals surface area contributed by atoms with Crippen LogP contribution in [0.25, 0.3) is 0 Å². The average molecular weight is 484 g/mol. The normalized spacial score (nSPS) is 14.4. The molecule has 32 heavy (non-hydrogen) atoms. The molecule has 1 aromatic heterocycles. The third-order valence-electron chi connectivity index (χ3n) is 5.15. The van der Waals surface area contributed by atoms with Gasteiger partial charge in [-0.3, -0.25) is 9.59 Å². The van der Waals surface area contributed by atoms with Crippen molar-refractivity contribution in [2.75, 3.05) is 0 Å². The highest BCUT2D eigenvalue weighted by molar-refractivity contribution is 6.41. The van der Waals surface area contributed by atoms with Gasteiger partial charge in [0.1, 0.15) is 10.8 Å². The summed E-state index contributed by atoms with van der Waals surface area (Å²) >= 11 is 11.8. The van der Waals surface area contributed by atoms with E-state index < -0.39 is 35.5 Å². The molecule has 1 heterocycles. The fraction of sp³-hybridized carbons (Fsp3) is 0.435. The Bertz CT molecular complexity index is 922. The van der Waals surface area contributed by atoms with Crippen molar-refractivity contribution >= 4 is 35.0 Å². The topological polar surface area (TPSA) is 105 Å². The Balaban J connectivity index is 2.19. The van der Waals surface area contributed by atoms with Gasteiger partial charge < -0.3 is 16.2 Å². The molecule has 0 aliphatic heterocycles. The van der Waals surface area contributed by atoms with Crippen LogP contribution in [0.5, 0.6) is 0 Å². The fourth-order valence-corrected chi connectivity index (χ4v) is 3.57. The minimum atomic E-state index is -1.46. The van der Waals surface area contributed by atoms with E-state index in [9.17, 15) is 19.1 Å². The second-order valence-corrected chi connectivity index (χ2v) is 9.19. The first-order valence-corrected chi connectivity index (χ1v) is 11.0. The number of aromatic nitrogens is 1. The number of amides is 2. The van der Waals surface area contributed by atoms with E-state index in [2.05, 4.69) is 10.3 Å². The summed E-state index contributed by atoms with van der Waals surface area (Å²) in [5.41, 5.74) is 5.09. The van der Waals surface area contributed by atoms with Gasteiger partial charge in [-0.25, -0.2) is 9.37 Å². The first-order valence-electron chi connectivity index (χ1n) is 10.3. The van der Waals surface area contributed by atoms with Crippen LogP contribution in [0, 0.1) is 5.92 Å². The highest BCUT2D eigenvalue weighted by Gasteiger charge is 2.29. The van der Waals surface area contributed by atoms with Gasteiger partial charge in [0.25, 0.3) is 5.91 Å². The number of hydrogen-bond donors (Lipinski definition) is 3. The summed E-state index contributed by atoms with van der Waals surface area (Å²) in [4.78, 5) is 28.6. The lowest BCUT2D eigenvalue weighted by Crippen LogP contribution is -2.46. The highest BCUT2D eigenvalue weighted by Crippen LogP contribution is 2.24. The van der Waals surface area contributed by atoms with Crippen LogP contribution in [-0.4, -0.2) is 39.7 Å². The van der Waals surface area contributed by atoms with Gasteiger partial charge in [0.05, 0.1) is 22.7 Å². The molecule has 174 valence electrons. The molecule has 2 rings (SSSR count). The first-order chi connectivity index (χ1) is 15.0. The Kier molecular flexibility index (Phi) is 9.43. The number of carbonyl (C=O) groups excluding carboxylic acids is 2. The second kappa shape index (κ2) is 11.6. The molecule has 0 bridgehead atoms. The van der Waals surface area contributed by atoms with Crippen molar-refractivity contribution in [2.45, 2.75) is 57.3 Å². The molecule has 0 fully saturated rings. The van der Waals surface area contributed by atoms with Crippen LogP contribution in [0.3, 0.4) is 0 Å². The van der Waals surface area contributed by atoms with Crippen molar-refractivity contribution in [1.82, 2.24) is 10.3 Å². The van der Waals surface area contributed by atoms with E-state index >= 15 is 0 Å². The third kappa shape index (κ3) is 8.37. The number of aliphatic hydroxyl groups is 1. The Hall–Kier alpha value is -2.22. The summed E-state index contributed by atoms with van der Waals surface area (Å²) in [7, 11) is 0. The van der Waals surface area contributed by atoms with Crippen LogP contribution in [0.1, 0.15) is 49.0 Å². The Morgan fingerprint density at radius 1 is 1.25 bits per heavy atom. The van der Waals surface area contributed by atoms with Crippen molar-refractivity contribution in [3.63, 3.8) is 0 Å². The van der Waals surface area contributed by atoms with Gasteiger partial charge in [-0.1, -0.05) is 53.5 Å². The summed E-state index contributed by atoms with van der Waals surface area (Å²) in [6, 6.07) is 9.93. The summed E-state index contributed by atoms with van der Waals surface area (Å²) in [6.07, 6.45) is 0.794. The van der Waals surface area contributed by atoms with Crippen LogP contribution in [0.15, 0.2) is 42.6 Å². The number of nitrogens with zero attached hydrogens (tertiary/aromatic N) is 1. The lowest BCUT2D eigenvalue weighted by Gasteiger charge is -2.27. The minimum Gasteiger partial charge on any atom is -0.391 e. The van der Waals surface area contributed by atoms with Crippen LogP contribution in [0.4, 0.5) is 4.39 Å². The molecular weight excluding hydrogens is 456 g/mol. The Morgan fingerprint density at radius 2 is 1.91 bits per heavy atom. The van der Waals surface area contributed by atoms with Crippen LogP contribution < -0.4 is 11.1 Å². The molecule has 0 saturated carbocycles. The van der Waals surface area contributed by atoms with Crippen molar-refractivity contribution in [2.24, 2.45) is 11.7 Å². The number of hydrogen-bond acceptors (Lipinski definition) is 4. The van der Waals surface area contributed by atoms with E-state index in [-0.39, 0.29) is 35.0 Å². The quantitative estimate of drug-likeness (QED) is 0.418. The maximum atomic E-state index is 13.9. The minimum absolute atomic E-state index is 0.0111. The monoisotopic (exact) mass is 483 g/mol. The number of primary amides is 1. The molecule has 0 unspecified atom stereocenters. The molecule has 0 aliphatic rings. The zero-order valence-electron chi connectivity index (χ0n) is 18.0. The summed E-state index contributed by atoms with van der Waals surface area (Å²) in [5, 5.41) is 13.9. The number of rotatable bonds is 11.